The van der Waals surface area contributed by atoms with Gasteiger partial charge in [0.1, 0.15) is 12.4 Å². The molecule has 0 amide bonds. The Labute approximate surface area is 92.3 Å². The zero-order valence-electron chi connectivity index (χ0n) is 8.09. The molecule has 0 fully saturated rings. The fraction of sp³-hybridized carbons (Fsp3) is 0.273. The van der Waals surface area contributed by atoms with E-state index < -0.39 is 0 Å². The molecule has 0 saturated carbocycles. The summed E-state index contributed by atoms with van der Waals surface area (Å²) in [5.41, 5.74) is 1.79. The van der Waals surface area contributed by atoms with Gasteiger partial charge in [-0.25, -0.2) is 0 Å². The molecule has 0 aliphatic heterocycles. The van der Waals surface area contributed by atoms with Crippen molar-refractivity contribution < 1.29 is 9.84 Å². The summed E-state index contributed by atoms with van der Waals surface area (Å²) in [6.07, 6.45) is 0. The van der Waals surface area contributed by atoms with Crippen molar-refractivity contribution in [3.05, 3.63) is 40.4 Å². The summed E-state index contributed by atoms with van der Waals surface area (Å²) < 4.78 is 6.29. The highest BCUT2D eigenvalue weighted by molar-refractivity contribution is 9.10. The first-order chi connectivity index (χ1) is 6.65. The average molecular weight is 257 g/mol. The predicted octanol–water partition coefficient (Wildman–Crippen LogP) is 2.90. The van der Waals surface area contributed by atoms with Gasteiger partial charge in [0.2, 0.25) is 0 Å². The van der Waals surface area contributed by atoms with Gasteiger partial charge in [-0.15, -0.1) is 0 Å². The van der Waals surface area contributed by atoms with E-state index in [1.165, 1.54) is 0 Å². The van der Waals surface area contributed by atoms with Crippen LogP contribution in [-0.4, -0.2) is 11.7 Å². The number of benzene rings is 1. The Hall–Kier alpha value is -0.800. The van der Waals surface area contributed by atoms with Gasteiger partial charge in [-0.2, -0.15) is 0 Å². The summed E-state index contributed by atoms with van der Waals surface area (Å²) in [4.78, 5) is 0. The van der Waals surface area contributed by atoms with E-state index in [2.05, 4.69) is 22.5 Å². The lowest BCUT2D eigenvalue weighted by atomic mass is 10.2. The molecular formula is C11H13BrO2. The van der Waals surface area contributed by atoms with Crippen molar-refractivity contribution >= 4 is 15.9 Å². The molecular weight excluding hydrogens is 244 g/mol. The van der Waals surface area contributed by atoms with Gasteiger partial charge in [0.25, 0.3) is 0 Å². The number of rotatable bonds is 4. The van der Waals surface area contributed by atoms with Crippen LogP contribution in [0.25, 0.3) is 0 Å². The summed E-state index contributed by atoms with van der Waals surface area (Å²) in [5.74, 6) is 0.736. The number of hydrogen-bond acceptors (Lipinski definition) is 2. The van der Waals surface area contributed by atoms with E-state index in [0.717, 1.165) is 21.4 Å². The molecule has 1 N–H and O–H groups in total. The SMILES string of the molecule is C=C(C)COc1cccc(CO)c1Br. The van der Waals surface area contributed by atoms with Crippen LogP contribution >= 0.6 is 15.9 Å². The van der Waals surface area contributed by atoms with Gasteiger partial charge < -0.3 is 9.84 Å². The second-order valence-electron chi connectivity index (χ2n) is 3.13. The van der Waals surface area contributed by atoms with E-state index in [0.29, 0.717) is 6.61 Å². The fourth-order valence-electron chi connectivity index (χ4n) is 0.991. The zero-order valence-corrected chi connectivity index (χ0v) is 9.67. The lowest BCUT2D eigenvalue weighted by Gasteiger charge is -2.09. The van der Waals surface area contributed by atoms with Gasteiger partial charge in [0, 0.05) is 0 Å². The molecule has 1 aromatic carbocycles. The van der Waals surface area contributed by atoms with Crippen molar-refractivity contribution in [1.29, 1.82) is 0 Å². The number of ether oxygens (including phenoxy) is 1. The largest absolute Gasteiger partial charge is 0.488 e. The monoisotopic (exact) mass is 256 g/mol. The van der Waals surface area contributed by atoms with Crippen molar-refractivity contribution in [3.63, 3.8) is 0 Å². The molecule has 0 heterocycles. The Morgan fingerprint density at radius 3 is 2.86 bits per heavy atom. The van der Waals surface area contributed by atoms with Crippen LogP contribution in [0.1, 0.15) is 12.5 Å². The highest BCUT2D eigenvalue weighted by atomic mass is 79.9. The maximum absolute atomic E-state index is 9.02. The van der Waals surface area contributed by atoms with E-state index >= 15 is 0 Å². The predicted molar refractivity (Wildman–Crippen MR) is 60.4 cm³/mol. The van der Waals surface area contributed by atoms with Gasteiger partial charge in [0.05, 0.1) is 11.1 Å². The van der Waals surface area contributed by atoms with Crippen LogP contribution < -0.4 is 4.74 Å². The van der Waals surface area contributed by atoms with Gasteiger partial charge in [-0.05, 0) is 40.1 Å². The number of halogens is 1. The van der Waals surface area contributed by atoms with E-state index in [-0.39, 0.29) is 6.61 Å². The molecule has 0 aromatic heterocycles. The Morgan fingerprint density at radius 1 is 1.57 bits per heavy atom. The van der Waals surface area contributed by atoms with Crippen molar-refractivity contribution in [2.75, 3.05) is 6.61 Å². The first kappa shape index (κ1) is 11.3. The highest BCUT2D eigenvalue weighted by Crippen LogP contribution is 2.28. The Morgan fingerprint density at radius 2 is 2.29 bits per heavy atom. The zero-order chi connectivity index (χ0) is 10.6. The van der Waals surface area contributed by atoms with E-state index in [4.69, 9.17) is 9.84 Å². The lowest BCUT2D eigenvalue weighted by molar-refractivity contribution is 0.279. The lowest BCUT2D eigenvalue weighted by Crippen LogP contribution is -1.99. The normalized spacial score (nSPS) is 9.93. The van der Waals surface area contributed by atoms with Crippen molar-refractivity contribution in [3.8, 4) is 5.75 Å². The second-order valence-corrected chi connectivity index (χ2v) is 3.93. The second kappa shape index (κ2) is 5.17. The number of aliphatic hydroxyl groups excluding tert-OH is 1. The summed E-state index contributed by atoms with van der Waals surface area (Å²) in [5, 5.41) is 9.02. The van der Waals surface area contributed by atoms with Gasteiger partial charge >= 0.3 is 0 Å². The molecule has 3 heteroatoms. The molecule has 0 atom stereocenters. The molecule has 1 rings (SSSR count). The van der Waals surface area contributed by atoms with Gasteiger partial charge in [-0.1, -0.05) is 18.7 Å². The van der Waals surface area contributed by atoms with Crippen LogP contribution in [0, 0.1) is 0 Å². The molecule has 0 aliphatic carbocycles. The quantitative estimate of drug-likeness (QED) is 0.840. The van der Waals surface area contributed by atoms with Crippen LogP contribution in [0.15, 0.2) is 34.8 Å². The maximum atomic E-state index is 9.02. The van der Waals surface area contributed by atoms with Crippen molar-refractivity contribution in [2.45, 2.75) is 13.5 Å². The van der Waals surface area contributed by atoms with E-state index in [1.54, 1.807) is 0 Å². The molecule has 0 radical (unpaired) electrons. The first-order valence-corrected chi connectivity index (χ1v) is 5.10. The third kappa shape index (κ3) is 2.86. The average Bonchev–Trinajstić information content (AvgIpc) is 2.16. The minimum absolute atomic E-state index is 0.00482. The van der Waals surface area contributed by atoms with Crippen LogP contribution in [0.5, 0.6) is 5.75 Å². The van der Waals surface area contributed by atoms with E-state index in [1.807, 2.05) is 25.1 Å². The Balaban J connectivity index is 2.81. The van der Waals surface area contributed by atoms with E-state index in [9.17, 15) is 0 Å². The van der Waals surface area contributed by atoms with Crippen molar-refractivity contribution in [1.82, 2.24) is 0 Å². The molecule has 1 aromatic rings. The Bertz CT molecular complexity index is 334. The van der Waals surface area contributed by atoms with Gasteiger partial charge in [0.15, 0.2) is 0 Å². The molecule has 14 heavy (non-hydrogen) atoms. The number of aliphatic hydroxyl groups is 1. The summed E-state index contributed by atoms with van der Waals surface area (Å²) in [6.45, 7) is 6.16. The standard InChI is InChI=1S/C11H13BrO2/c1-8(2)7-14-10-5-3-4-9(6-13)11(10)12/h3-5,13H,1,6-7H2,2H3. The van der Waals surface area contributed by atoms with Crippen LogP contribution in [-0.2, 0) is 6.61 Å². The summed E-state index contributed by atoms with van der Waals surface area (Å²) >= 11 is 3.38. The van der Waals surface area contributed by atoms with Crippen LogP contribution in [0.3, 0.4) is 0 Å². The molecule has 76 valence electrons. The molecule has 0 aliphatic rings. The van der Waals surface area contributed by atoms with Crippen LogP contribution in [0.2, 0.25) is 0 Å². The van der Waals surface area contributed by atoms with Crippen molar-refractivity contribution in [2.24, 2.45) is 0 Å². The summed E-state index contributed by atoms with van der Waals surface area (Å²) in [7, 11) is 0. The molecule has 0 spiro atoms. The molecule has 0 unspecified atom stereocenters. The smallest absolute Gasteiger partial charge is 0.134 e. The van der Waals surface area contributed by atoms with Crippen LogP contribution in [0.4, 0.5) is 0 Å². The molecule has 2 nitrogen and oxygen atoms in total. The Kier molecular flexibility index (Phi) is 4.17. The molecule has 0 saturated heterocycles. The minimum Gasteiger partial charge on any atom is -0.488 e. The third-order valence-electron chi connectivity index (χ3n) is 1.69. The van der Waals surface area contributed by atoms with Gasteiger partial charge in [-0.3, -0.25) is 0 Å². The minimum atomic E-state index is 0.00482. The first-order valence-electron chi connectivity index (χ1n) is 4.30. The maximum Gasteiger partial charge on any atom is 0.134 e. The highest BCUT2D eigenvalue weighted by Gasteiger charge is 2.05. The molecule has 0 bridgehead atoms. The fourth-order valence-corrected chi connectivity index (χ4v) is 1.49. The third-order valence-corrected chi connectivity index (χ3v) is 2.59. The summed E-state index contributed by atoms with van der Waals surface area (Å²) in [6, 6.07) is 5.55. The number of hydrogen-bond donors (Lipinski definition) is 1. The topological polar surface area (TPSA) is 29.5 Å².